The second-order valence-electron chi connectivity index (χ2n) is 4.07. The molecule has 0 aromatic carbocycles. The quantitative estimate of drug-likeness (QED) is 0.670. The first-order valence-corrected chi connectivity index (χ1v) is 4.41. The van der Waals surface area contributed by atoms with Crippen LogP contribution in [0.15, 0.2) is 0 Å². The SMILES string of the molecule is C#CCC(CO)N(C(=O)O)C(C)(C)C. The van der Waals surface area contributed by atoms with Crippen LogP contribution in [0.5, 0.6) is 0 Å². The Balaban J connectivity index is 4.81. The molecular formula is C10H17NO3. The minimum Gasteiger partial charge on any atom is -0.465 e. The Morgan fingerprint density at radius 1 is 1.57 bits per heavy atom. The summed E-state index contributed by atoms with van der Waals surface area (Å²) in [6, 6.07) is -0.530. The van der Waals surface area contributed by atoms with Crippen LogP contribution in [-0.4, -0.2) is 39.4 Å². The normalized spacial score (nSPS) is 13.1. The van der Waals surface area contributed by atoms with Crippen LogP contribution in [0.3, 0.4) is 0 Å². The van der Waals surface area contributed by atoms with Crippen LogP contribution >= 0.6 is 0 Å². The molecule has 0 aromatic heterocycles. The molecule has 0 aliphatic rings. The summed E-state index contributed by atoms with van der Waals surface area (Å²) in [7, 11) is 0. The number of amides is 1. The van der Waals surface area contributed by atoms with Crippen molar-refractivity contribution in [3.63, 3.8) is 0 Å². The molecule has 0 aromatic rings. The fourth-order valence-corrected chi connectivity index (χ4v) is 1.36. The lowest BCUT2D eigenvalue weighted by Gasteiger charge is -2.38. The summed E-state index contributed by atoms with van der Waals surface area (Å²) in [5.74, 6) is 2.36. The minimum absolute atomic E-state index is 0.222. The molecule has 0 aliphatic heterocycles. The molecule has 80 valence electrons. The number of hydrogen-bond acceptors (Lipinski definition) is 2. The van der Waals surface area contributed by atoms with Crippen molar-refractivity contribution in [2.75, 3.05) is 6.61 Å². The smallest absolute Gasteiger partial charge is 0.408 e. The van der Waals surface area contributed by atoms with Crippen molar-refractivity contribution in [1.29, 1.82) is 0 Å². The molecule has 0 spiro atoms. The fourth-order valence-electron chi connectivity index (χ4n) is 1.36. The molecule has 0 aliphatic carbocycles. The molecule has 14 heavy (non-hydrogen) atoms. The van der Waals surface area contributed by atoms with Gasteiger partial charge >= 0.3 is 6.09 Å². The fraction of sp³-hybridized carbons (Fsp3) is 0.700. The predicted molar refractivity (Wildman–Crippen MR) is 53.9 cm³/mol. The van der Waals surface area contributed by atoms with Gasteiger partial charge in [-0.2, -0.15) is 0 Å². The van der Waals surface area contributed by atoms with Gasteiger partial charge in [0.25, 0.3) is 0 Å². The van der Waals surface area contributed by atoms with E-state index < -0.39 is 17.7 Å². The Hall–Kier alpha value is -1.21. The Morgan fingerprint density at radius 3 is 2.29 bits per heavy atom. The molecule has 0 fully saturated rings. The molecule has 0 saturated carbocycles. The molecule has 1 atom stereocenters. The lowest BCUT2D eigenvalue weighted by Crippen LogP contribution is -2.52. The van der Waals surface area contributed by atoms with Crippen molar-refractivity contribution in [1.82, 2.24) is 4.90 Å². The third-order valence-electron chi connectivity index (χ3n) is 1.86. The highest BCUT2D eigenvalue weighted by Crippen LogP contribution is 2.18. The first-order valence-electron chi connectivity index (χ1n) is 4.41. The molecule has 4 heteroatoms. The van der Waals surface area contributed by atoms with Gasteiger partial charge in [0, 0.05) is 12.0 Å². The molecule has 0 rings (SSSR count). The van der Waals surface area contributed by atoms with E-state index >= 15 is 0 Å². The Kier molecular flexibility index (Phi) is 4.45. The van der Waals surface area contributed by atoms with Crippen molar-refractivity contribution in [3.8, 4) is 12.3 Å². The maximum Gasteiger partial charge on any atom is 0.408 e. The summed E-state index contributed by atoms with van der Waals surface area (Å²) in [4.78, 5) is 12.2. The number of terminal acetylenes is 1. The zero-order valence-electron chi connectivity index (χ0n) is 8.82. The van der Waals surface area contributed by atoms with Gasteiger partial charge in [-0.05, 0) is 20.8 Å². The molecule has 1 unspecified atom stereocenters. The van der Waals surface area contributed by atoms with Gasteiger partial charge in [-0.25, -0.2) is 4.79 Å². The number of carbonyl (C=O) groups is 1. The average molecular weight is 199 g/mol. The summed E-state index contributed by atoms with van der Waals surface area (Å²) in [5, 5.41) is 18.0. The number of hydrogen-bond donors (Lipinski definition) is 2. The van der Waals surface area contributed by atoms with Gasteiger partial charge in [-0.1, -0.05) is 0 Å². The van der Waals surface area contributed by atoms with Gasteiger partial charge in [0.05, 0.1) is 12.6 Å². The third-order valence-corrected chi connectivity index (χ3v) is 1.86. The zero-order chi connectivity index (χ0) is 11.4. The van der Waals surface area contributed by atoms with E-state index in [9.17, 15) is 4.79 Å². The van der Waals surface area contributed by atoms with E-state index in [0.29, 0.717) is 0 Å². The van der Waals surface area contributed by atoms with Gasteiger partial charge in [0.2, 0.25) is 0 Å². The lowest BCUT2D eigenvalue weighted by molar-refractivity contribution is 0.0482. The molecule has 4 nitrogen and oxygen atoms in total. The third kappa shape index (κ3) is 3.27. The number of nitrogens with zero attached hydrogens (tertiary/aromatic N) is 1. The molecule has 1 amide bonds. The molecule has 0 bridgehead atoms. The van der Waals surface area contributed by atoms with E-state index in [0.717, 1.165) is 0 Å². The highest BCUT2D eigenvalue weighted by atomic mass is 16.4. The Labute approximate surface area is 84.5 Å². The summed E-state index contributed by atoms with van der Waals surface area (Å²) in [5.41, 5.74) is -0.559. The second-order valence-corrected chi connectivity index (χ2v) is 4.07. The number of aliphatic hydroxyl groups is 1. The second kappa shape index (κ2) is 4.87. The van der Waals surface area contributed by atoms with Crippen LogP contribution in [0.1, 0.15) is 27.2 Å². The van der Waals surface area contributed by atoms with Gasteiger partial charge in [-0.3, -0.25) is 4.90 Å². The Bertz CT molecular complexity index is 237. The highest BCUT2D eigenvalue weighted by Gasteiger charge is 2.32. The van der Waals surface area contributed by atoms with Crippen molar-refractivity contribution in [2.45, 2.75) is 38.8 Å². The van der Waals surface area contributed by atoms with Crippen LogP contribution in [0, 0.1) is 12.3 Å². The summed E-state index contributed by atoms with van der Waals surface area (Å²) in [6.07, 6.45) is 4.26. The van der Waals surface area contributed by atoms with E-state index in [1.165, 1.54) is 4.90 Å². The molecule has 0 saturated heterocycles. The van der Waals surface area contributed by atoms with Gasteiger partial charge in [0.1, 0.15) is 0 Å². The van der Waals surface area contributed by atoms with E-state index in [4.69, 9.17) is 16.6 Å². The number of aliphatic hydroxyl groups excluding tert-OH is 1. The number of carboxylic acid groups (broad SMARTS) is 1. The predicted octanol–water partition coefficient (Wildman–Crippen LogP) is 1.15. The zero-order valence-corrected chi connectivity index (χ0v) is 8.82. The van der Waals surface area contributed by atoms with Gasteiger partial charge in [-0.15, -0.1) is 12.3 Å². The maximum atomic E-state index is 11.0. The van der Waals surface area contributed by atoms with Crippen LogP contribution in [0.2, 0.25) is 0 Å². The van der Waals surface area contributed by atoms with Crippen LogP contribution in [0.25, 0.3) is 0 Å². The van der Waals surface area contributed by atoms with E-state index in [2.05, 4.69) is 5.92 Å². The first-order chi connectivity index (χ1) is 6.34. The van der Waals surface area contributed by atoms with E-state index in [-0.39, 0.29) is 13.0 Å². The largest absolute Gasteiger partial charge is 0.465 e. The average Bonchev–Trinajstić information content (AvgIpc) is 2.00. The van der Waals surface area contributed by atoms with Gasteiger partial charge in [0.15, 0.2) is 0 Å². The maximum absolute atomic E-state index is 11.0. The monoisotopic (exact) mass is 199 g/mol. The molecule has 0 radical (unpaired) electrons. The lowest BCUT2D eigenvalue weighted by atomic mass is 10.0. The summed E-state index contributed by atoms with van der Waals surface area (Å²) in [6.45, 7) is 5.04. The van der Waals surface area contributed by atoms with Gasteiger partial charge < -0.3 is 10.2 Å². The molecular weight excluding hydrogens is 182 g/mol. The Morgan fingerprint density at radius 2 is 2.07 bits per heavy atom. The van der Waals surface area contributed by atoms with E-state index in [1.807, 2.05) is 0 Å². The number of rotatable bonds is 3. The first kappa shape index (κ1) is 12.8. The van der Waals surface area contributed by atoms with E-state index in [1.54, 1.807) is 20.8 Å². The standard InChI is InChI=1S/C10H17NO3/c1-5-6-8(7-12)11(9(13)14)10(2,3)4/h1,8,12H,6-7H2,2-4H3,(H,13,14). The van der Waals surface area contributed by atoms with Crippen LogP contribution in [0.4, 0.5) is 4.79 Å². The molecule has 0 heterocycles. The van der Waals surface area contributed by atoms with Crippen LogP contribution < -0.4 is 0 Å². The van der Waals surface area contributed by atoms with Crippen LogP contribution in [-0.2, 0) is 0 Å². The summed E-state index contributed by atoms with van der Waals surface area (Å²) >= 11 is 0. The van der Waals surface area contributed by atoms with Crippen molar-refractivity contribution < 1.29 is 15.0 Å². The van der Waals surface area contributed by atoms with Crippen molar-refractivity contribution >= 4 is 6.09 Å². The van der Waals surface area contributed by atoms with Crippen molar-refractivity contribution in [2.24, 2.45) is 0 Å². The summed E-state index contributed by atoms with van der Waals surface area (Å²) < 4.78 is 0. The van der Waals surface area contributed by atoms with Crippen molar-refractivity contribution in [3.05, 3.63) is 0 Å². The topological polar surface area (TPSA) is 60.8 Å². The highest BCUT2D eigenvalue weighted by molar-refractivity contribution is 5.66. The molecule has 2 N–H and O–H groups in total. The minimum atomic E-state index is -1.06.